The molecule has 0 amide bonds. The molecule has 3 aliphatic carbocycles. The predicted molar refractivity (Wildman–Crippen MR) is 115 cm³/mol. The fraction of sp³-hybridized carbons (Fsp3) is 0.440. The van der Waals surface area contributed by atoms with Crippen molar-refractivity contribution in [1.29, 1.82) is 0 Å². The third kappa shape index (κ3) is 3.82. The number of benzene rings is 1. The van der Waals surface area contributed by atoms with Crippen molar-refractivity contribution in [2.75, 3.05) is 3.80 Å². The first-order valence-corrected chi connectivity index (χ1v) is 14.6. The van der Waals surface area contributed by atoms with Gasteiger partial charge in [0.05, 0.1) is 0 Å². The second-order valence-electron chi connectivity index (χ2n) is 8.68. The predicted octanol–water partition coefficient (Wildman–Crippen LogP) is 7.34. The van der Waals surface area contributed by atoms with Gasteiger partial charge in [-0.05, 0) is 0 Å². The Bertz CT molecular complexity index is 709. The summed E-state index contributed by atoms with van der Waals surface area (Å²) in [5, 5.41) is 0. The molecule has 142 valence electrons. The first-order chi connectivity index (χ1) is 13.3. The van der Waals surface area contributed by atoms with Crippen LogP contribution in [-0.2, 0) is 16.8 Å². The molecule has 0 aromatic heterocycles. The molecular formula is C25H33NTi. The second-order valence-corrected chi connectivity index (χ2v) is 15.3. The molecule has 2 heteroatoms. The summed E-state index contributed by atoms with van der Waals surface area (Å²) < 4.78 is 8.28. The van der Waals surface area contributed by atoms with Crippen LogP contribution in [0.5, 0.6) is 0 Å². The third-order valence-electron chi connectivity index (χ3n) is 7.23. The zero-order valence-electron chi connectivity index (χ0n) is 16.4. The molecule has 1 saturated heterocycles. The van der Waals surface area contributed by atoms with E-state index in [4.69, 9.17) is 0 Å². The van der Waals surface area contributed by atoms with Gasteiger partial charge in [-0.2, -0.15) is 0 Å². The van der Waals surface area contributed by atoms with E-state index in [1.807, 2.05) is 0 Å². The van der Waals surface area contributed by atoms with Crippen LogP contribution in [0.2, 0.25) is 13.7 Å². The average Bonchev–Trinajstić information content (AvgIpc) is 3.41. The monoisotopic (exact) mass is 395 g/mol. The molecule has 5 unspecified atom stereocenters. The third-order valence-corrected chi connectivity index (χ3v) is 14.2. The summed E-state index contributed by atoms with van der Waals surface area (Å²) >= 11 is -1.90. The second kappa shape index (κ2) is 8.37. The van der Waals surface area contributed by atoms with E-state index in [2.05, 4.69) is 71.6 Å². The Morgan fingerprint density at radius 1 is 0.852 bits per heavy atom. The molecule has 1 aromatic carbocycles. The van der Waals surface area contributed by atoms with E-state index < -0.39 is 16.8 Å². The largest absolute Gasteiger partial charge is 0.0991 e. The molecule has 5 atom stereocenters. The van der Waals surface area contributed by atoms with Crippen LogP contribution in [-0.4, -0.2) is 0 Å². The molecule has 0 spiro atoms. The minimum atomic E-state index is -1.90. The van der Waals surface area contributed by atoms with E-state index in [1.165, 1.54) is 31.4 Å². The van der Waals surface area contributed by atoms with Gasteiger partial charge in [-0.1, -0.05) is 25.3 Å². The van der Waals surface area contributed by atoms with Crippen LogP contribution in [0.1, 0.15) is 25.7 Å². The van der Waals surface area contributed by atoms with Crippen LogP contribution in [0.15, 0.2) is 79.9 Å². The SMILES string of the molecule is C1=CC2C(C=C1)[CH]([Ti]1([NH]c3ccccc3)[CH2][CH2]1)C1CCCCC21.C=CC=C. The maximum absolute atomic E-state index is 4.17. The maximum Gasteiger partial charge on any atom is -0.0701 e. The van der Waals surface area contributed by atoms with Crippen molar-refractivity contribution in [3.63, 3.8) is 0 Å². The minimum absolute atomic E-state index is 0.854. The van der Waals surface area contributed by atoms with Gasteiger partial charge in [-0.25, -0.2) is 0 Å². The smallest absolute Gasteiger partial charge is 0.0701 e. The summed E-state index contributed by atoms with van der Waals surface area (Å²) in [6.45, 7) is 6.72. The molecule has 1 heterocycles. The molecule has 0 bridgehead atoms. The Morgan fingerprint density at radius 3 is 2.11 bits per heavy atom. The van der Waals surface area contributed by atoms with E-state index in [1.54, 1.807) is 21.6 Å². The van der Waals surface area contributed by atoms with E-state index in [-0.39, 0.29) is 0 Å². The van der Waals surface area contributed by atoms with E-state index >= 15 is 0 Å². The zero-order chi connectivity index (χ0) is 18.7. The van der Waals surface area contributed by atoms with Gasteiger partial charge in [0.2, 0.25) is 0 Å². The van der Waals surface area contributed by atoms with E-state index in [9.17, 15) is 0 Å². The van der Waals surface area contributed by atoms with Crippen LogP contribution in [0, 0.1) is 23.7 Å². The van der Waals surface area contributed by atoms with Crippen molar-refractivity contribution in [1.82, 2.24) is 0 Å². The van der Waals surface area contributed by atoms with Gasteiger partial charge in [-0.3, -0.25) is 0 Å². The number of rotatable bonds is 4. The van der Waals surface area contributed by atoms with Crippen LogP contribution in [0.25, 0.3) is 0 Å². The summed E-state index contributed by atoms with van der Waals surface area (Å²) in [6, 6.07) is 11.1. The maximum atomic E-state index is 4.17. The van der Waals surface area contributed by atoms with Gasteiger partial charge in [0.1, 0.15) is 0 Å². The number of para-hydroxylation sites is 1. The van der Waals surface area contributed by atoms with Gasteiger partial charge < -0.3 is 0 Å². The van der Waals surface area contributed by atoms with Crippen LogP contribution in [0.3, 0.4) is 0 Å². The van der Waals surface area contributed by atoms with Gasteiger partial charge >= 0.3 is 144 Å². The van der Waals surface area contributed by atoms with Crippen LogP contribution < -0.4 is 3.80 Å². The van der Waals surface area contributed by atoms with Gasteiger partial charge in [0.25, 0.3) is 0 Å². The number of allylic oxidation sites excluding steroid dienone is 6. The van der Waals surface area contributed by atoms with Crippen molar-refractivity contribution in [2.45, 2.75) is 39.4 Å². The summed E-state index contributed by atoms with van der Waals surface area (Å²) in [7, 11) is 0. The standard InChI is InChI=1S/C13H17.C6H6N.C4H6.C2H4.Ti/c1-3-7-12-10(5-1)9-11-6-2-4-8-13(11)12;7-6-4-2-1-3-5-6;1-3-4-2;1-2;/h1,3,5,7,9-13H,2,4,6,8H2;1-5,7H;3-4H,1-2H2;1-2H2;/q;-1;;;+1. The van der Waals surface area contributed by atoms with Crippen molar-refractivity contribution >= 4 is 5.69 Å². The molecule has 2 saturated carbocycles. The van der Waals surface area contributed by atoms with Gasteiger partial charge in [-0.15, -0.1) is 0 Å². The number of anilines is 1. The number of fused-ring (bicyclic) bond motifs is 3. The Morgan fingerprint density at radius 2 is 1.48 bits per heavy atom. The topological polar surface area (TPSA) is 12.0 Å². The molecule has 3 fully saturated rings. The Kier molecular flexibility index (Phi) is 5.90. The molecule has 1 aromatic rings. The molecule has 5 rings (SSSR count). The summed E-state index contributed by atoms with van der Waals surface area (Å²) in [5.41, 5.74) is 1.40. The quantitative estimate of drug-likeness (QED) is 0.415. The zero-order valence-corrected chi connectivity index (χ0v) is 18.0. The number of hydrogen-bond donors (Lipinski definition) is 1. The average molecular weight is 395 g/mol. The van der Waals surface area contributed by atoms with Crippen LogP contribution >= 0.6 is 0 Å². The molecule has 1 N–H and O–H groups in total. The number of hydrogen-bond acceptors (Lipinski definition) is 1. The first-order valence-electron chi connectivity index (χ1n) is 10.7. The van der Waals surface area contributed by atoms with Gasteiger partial charge in [0, 0.05) is 0 Å². The molecule has 0 radical (unpaired) electrons. The summed E-state index contributed by atoms with van der Waals surface area (Å²) in [4.78, 5) is 0. The molecule has 1 nitrogen and oxygen atoms in total. The summed E-state index contributed by atoms with van der Waals surface area (Å²) in [6.07, 6.45) is 19.0. The van der Waals surface area contributed by atoms with Gasteiger partial charge in [0.15, 0.2) is 0 Å². The molecule has 1 aliphatic heterocycles. The number of nitrogens with one attached hydrogen (secondary N) is 1. The van der Waals surface area contributed by atoms with Crippen molar-refractivity contribution in [3.05, 3.63) is 79.9 Å². The van der Waals surface area contributed by atoms with Crippen molar-refractivity contribution in [3.8, 4) is 0 Å². The Hall–Kier alpha value is -1.31. The summed E-state index contributed by atoms with van der Waals surface area (Å²) in [5.74, 6) is 3.72. The fourth-order valence-electron chi connectivity index (χ4n) is 6.09. The molecular weight excluding hydrogens is 362 g/mol. The van der Waals surface area contributed by atoms with Crippen molar-refractivity contribution < 1.29 is 16.8 Å². The van der Waals surface area contributed by atoms with E-state index in [0.717, 1.165) is 27.9 Å². The van der Waals surface area contributed by atoms with E-state index in [0.29, 0.717) is 0 Å². The molecule has 4 aliphatic rings. The Balaban J connectivity index is 0.000000413. The van der Waals surface area contributed by atoms with Crippen LogP contribution in [0.4, 0.5) is 5.69 Å². The van der Waals surface area contributed by atoms with Crippen molar-refractivity contribution in [2.24, 2.45) is 23.7 Å². The fourth-order valence-corrected chi connectivity index (χ4v) is 14.7. The Labute approximate surface area is 169 Å². The molecule has 27 heavy (non-hydrogen) atoms. The minimum Gasteiger partial charge on any atom is -0.0991 e. The normalized spacial score (nSPS) is 34.4. The first kappa shape index (κ1) is 19.0.